The lowest BCUT2D eigenvalue weighted by Crippen LogP contribution is -2.38. The first-order valence-corrected chi connectivity index (χ1v) is 9.79. The Morgan fingerprint density at radius 2 is 1.77 bits per heavy atom. The summed E-state index contributed by atoms with van der Waals surface area (Å²) in [7, 11) is -3.84. The van der Waals surface area contributed by atoms with E-state index >= 15 is 0 Å². The Hall–Kier alpha value is -2.32. The van der Waals surface area contributed by atoms with Crippen molar-refractivity contribution in [2.75, 3.05) is 13.1 Å². The minimum atomic E-state index is -3.84. The zero-order valence-electron chi connectivity index (χ0n) is 13.8. The van der Waals surface area contributed by atoms with Gasteiger partial charge >= 0.3 is 0 Å². The van der Waals surface area contributed by atoms with E-state index in [0.717, 1.165) is 35.1 Å². The zero-order valence-corrected chi connectivity index (χ0v) is 14.6. The number of H-pyrrole nitrogens is 1. The van der Waals surface area contributed by atoms with Crippen LogP contribution in [0, 0.1) is 11.6 Å². The number of halogens is 2. The molecule has 3 aromatic rings. The Bertz CT molecular complexity index is 1020. The second kappa shape index (κ2) is 6.44. The van der Waals surface area contributed by atoms with E-state index in [2.05, 4.69) is 9.97 Å². The van der Waals surface area contributed by atoms with Crippen LogP contribution >= 0.6 is 0 Å². The third kappa shape index (κ3) is 2.99. The molecular weight excluding hydrogens is 360 g/mol. The highest BCUT2D eigenvalue weighted by Gasteiger charge is 2.31. The van der Waals surface area contributed by atoms with E-state index in [0.29, 0.717) is 25.9 Å². The van der Waals surface area contributed by atoms with Crippen molar-refractivity contribution in [3.05, 3.63) is 59.9 Å². The molecule has 1 aliphatic rings. The van der Waals surface area contributed by atoms with Gasteiger partial charge < -0.3 is 4.98 Å². The number of piperidine rings is 1. The first-order chi connectivity index (χ1) is 12.4. The van der Waals surface area contributed by atoms with Crippen molar-refractivity contribution in [1.29, 1.82) is 0 Å². The molecule has 5 nitrogen and oxygen atoms in total. The zero-order chi connectivity index (χ0) is 18.3. The second-order valence-corrected chi connectivity index (χ2v) is 8.33. The lowest BCUT2D eigenvalue weighted by atomic mass is 9.97. The first kappa shape index (κ1) is 17.1. The van der Waals surface area contributed by atoms with Crippen molar-refractivity contribution >= 4 is 21.1 Å². The number of imidazole rings is 1. The first-order valence-electron chi connectivity index (χ1n) is 8.35. The molecule has 26 heavy (non-hydrogen) atoms. The number of nitrogens with one attached hydrogen (secondary N) is 1. The van der Waals surface area contributed by atoms with Gasteiger partial charge in [-0.2, -0.15) is 4.31 Å². The fourth-order valence-electron chi connectivity index (χ4n) is 3.32. The minimum absolute atomic E-state index is 0.138. The number of hydrogen-bond donors (Lipinski definition) is 1. The summed E-state index contributed by atoms with van der Waals surface area (Å²) in [6.45, 7) is 0.617. The molecule has 0 saturated carbocycles. The average molecular weight is 377 g/mol. The number of aromatic nitrogens is 2. The number of fused-ring (bicyclic) bond motifs is 1. The predicted octanol–water partition coefficient (Wildman–Crippen LogP) is 3.41. The fraction of sp³-hybridized carbons (Fsp3) is 0.278. The summed E-state index contributed by atoms with van der Waals surface area (Å²) in [6.07, 6.45) is 1.23. The molecule has 1 aliphatic heterocycles. The van der Waals surface area contributed by atoms with Gasteiger partial charge in [-0.1, -0.05) is 12.1 Å². The van der Waals surface area contributed by atoms with Crippen molar-refractivity contribution in [2.45, 2.75) is 23.7 Å². The molecule has 1 fully saturated rings. The summed E-state index contributed by atoms with van der Waals surface area (Å²) in [5.74, 6) is -1.23. The number of nitrogens with zero attached hydrogens (tertiary/aromatic N) is 2. The number of para-hydroxylation sites is 2. The molecule has 0 bridgehead atoms. The van der Waals surface area contributed by atoms with E-state index in [9.17, 15) is 17.2 Å². The van der Waals surface area contributed by atoms with Crippen LogP contribution in [-0.2, 0) is 10.0 Å². The van der Waals surface area contributed by atoms with Gasteiger partial charge in [0.25, 0.3) is 0 Å². The molecular formula is C18H17F2N3O2S. The van der Waals surface area contributed by atoms with Crippen LogP contribution in [-0.4, -0.2) is 35.8 Å². The second-order valence-electron chi connectivity index (χ2n) is 6.39. The third-order valence-electron chi connectivity index (χ3n) is 4.78. The van der Waals surface area contributed by atoms with E-state index in [1.165, 1.54) is 4.31 Å². The molecule has 4 rings (SSSR count). The normalized spacial score (nSPS) is 17.0. The van der Waals surface area contributed by atoms with Crippen LogP contribution in [0.25, 0.3) is 11.0 Å². The summed E-state index contributed by atoms with van der Waals surface area (Å²) in [5.41, 5.74) is 1.85. The molecule has 2 aromatic carbocycles. The van der Waals surface area contributed by atoms with Crippen LogP contribution < -0.4 is 0 Å². The van der Waals surface area contributed by atoms with Crippen LogP contribution in [0.3, 0.4) is 0 Å². The summed E-state index contributed by atoms with van der Waals surface area (Å²) in [5, 5.41) is 0. The van der Waals surface area contributed by atoms with Gasteiger partial charge in [0.2, 0.25) is 10.0 Å². The summed E-state index contributed by atoms with van der Waals surface area (Å²) >= 11 is 0. The van der Waals surface area contributed by atoms with Gasteiger partial charge in [-0.25, -0.2) is 22.2 Å². The largest absolute Gasteiger partial charge is 0.342 e. The molecule has 136 valence electrons. The molecule has 2 heterocycles. The van der Waals surface area contributed by atoms with E-state index in [1.54, 1.807) is 0 Å². The van der Waals surface area contributed by atoms with Crippen LogP contribution in [0.4, 0.5) is 8.78 Å². The smallest absolute Gasteiger partial charge is 0.243 e. The van der Waals surface area contributed by atoms with Crippen molar-refractivity contribution in [3.63, 3.8) is 0 Å². The fourth-order valence-corrected chi connectivity index (χ4v) is 4.80. The highest BCUT2D eigenvalue weighted by molar-refractivity contribution is 7.89. The molecule has 0 radical (unpaired) electrons. The number of rotatable bonds is 3. The number of aromatic amines is 1. The third-order valence-corrected chi connectivity index (χ3v) is 6.67. The van der Waals surface area contributed by atoms with Crippen LogP contribution in [0.15, 0.2) is 47.4 Å². The molecule has 1 aromatic heterocycles. The van der Waals surface area contributed by atoms with E-state index in [1.807, 2.05) is 24.3 Å². The monoisotopic (exact) mass is 377 g/mol. The maximum absolute atomic E-state index is 13.4. The van der Waals surface area contributed by atoms with Crippen molar-refractivity contribution in [2.24, 2.45) is 0 Å². The van der Waals surface area contributed by atoms with Crippen molar-refractivity contribution < 1.29 is 17.2 Å². The topological polar surface area (TPSA) is 66.1 Å². The van der Waals surface area contributed by atoms with Gasteiger partial charge in [-0.05, 0) is 43.2 Å². The molecule has 0 aliphatic carbocycles. The Morgan fingerprint density at radius 1 is 1.04 bits per heavy atom. The highest BCUT2D eigenvalue weighted by Crippen LogP contribution is 2.30. The summed E-state index contributed by atoms with van der Waals surface area (Å²) in [6, 6.07) is 10.4. The van der Waals surface area contributed by atoms with Crippen molar-refractivity contribution in [1.82, 2.24) is 14.3 Å². The SMILES string of the molecule is O=S(=O)(c1ccc(F)c(F)c1)N1CCC(c2nc3ccccc3[nH]2)CC1. The average Bonchev–Trinajstić information content (AvgIpc) is 3.08. The van der Waals surface area contributed by atoms with Gasteiger partial charge in [0, 0.05) is 19.0 Å². The maximum atomic E-state index is 13.4. The Morgan fingerprint density at radius 3 is 2.46 bits per heavy atom. The van der Waals surface area contributed by atoms with Crippen LogP contribution in [0.2, 0.25) is 0 Å². The summed E-state index contributed by atoms with van der Waals surface area (Å²) < 4.78 is 53.1. The van der Waals surface area contributed by atoms with Crippen molar-refractivity contribution in [3.8, 4) is 0 Å². The van der Waals surface area contributed by atoms with Crippen LogP contribution in [0.5, 0.6) is 0 Å². The standard InChI is InChI=1S/C18H17F2N3O2S/c19-14-6-5-13(11-15(14)20)26(24,25)23-9-7-12(8-10-23)18-21-16-3-1-2-4-17(16)22-18/h1-6,11-12H,7-10H2,(H,21,22). The lowest BCUT2D eigenvalue weighted by Gasteiger charge is -2.30. The highest BCUT2D eigenvalue weighted by atomic mass is 32.2. The van der Waals surface area contributed by atoms with E-state index < -0.39 is 21.7 Å². The Labute approximate surface area is 149 Å². The number of sulfonamides is 1. The number of hydrogen-bond acceptors (Lipinski definition) is 3. The Kier molecular flexibility index (Phi) is 4.24. The maximum Gasteiger partial charge on any atom is 0.243 e. The lowest BCUT2D eigenvalue weighted by molar-refractivity contribution is 0.314. The Balaban J connectivity index is 1.51. The molecule has 0 amide bonds. The number of benzene rings is 2. The quantitative estimate of drug-likeness (QED) is 0.761. The molecule has 0 spiro atoms. The van der Waals surface area contributed by atoms with E-state index in [4.69, 9.17) is 0 Å². The summed E-state index contributed by atoms with van der Waals surface area (Å²) in [4.78, 5) is 7.66. The molecule has 0 atom stereocenters. The van der Waals surface area contributed by atoms with E-state index in [-0.39, 0.29) is 10.8 Å². The van der Waals surface area contributed by atoms with Gasteiger partial charge in [0.05, 0.1) is 15.9 Å². The molecule has 8 heteroatoms. The molecule has 1 saturated heterocycles. The van der Waals surface area contributed by atoms with Gasteiger partial charge in [0.15, 0.2) is 11.6 Å². The van der Waals surface area contributed by atoms with Crippen LogP contribution in [0.1, 0.15) is 24.6 Å². The van der Waals surface area contributed by atoms with Gasteiger partial charge in [-0.3, -0.25) is 0 Å². The minimum Gasteiger partial charge on any atom is -0.342 e. The molecule has 1 N–H and O–H groups in total. The van der Waals surface area contributed by atoms with Gasteiger partial charge in [-0.15, -0.1) is 0 Å². The molecule has 0 unspecified atom stereocenters. The predicted molar refractivity (Wildman–Crippen MR) is 93.2 cm³/mol. The van der Waals surface area contributed by atoms with Gasteiger partial charge in [0.1, 0.15) is 5.82 Å².